The molecule has 1 fully saturated rings. The Hall–Kier alpha value is -0.800. The molecule has 0 aliphatic carbocycles. The van der Waals surface area contributed by atoms with Crippen molar-refractivity contribution < 1.29 is 9.52 Å². The molecule has 1 aliphatic heterocycles. The Labute approximate surface area is 71.4 Å². The summed E-state index contributed by atoms with van der Waals surface area (Å²) in [6.07, 6.45) is 3.28. The molecule has 12 heavy (non-hydrogen) atoms. The van der Waals surface area contributed by atoms with Gasteiger partial charge in [-0.3, -0.25) is 0 Å². The van der Waals surface area contributed by atoms with Crippen molar-refractivity contribution in [3.8, 4) is 0 Å². The zero-order valence-corrected chi connectivity index (χ0v) is 6.86. The predicted octanol–water partition coefficient (Wildman–Crippen LogP) is 1.06. The average molecular weight is 167 g/mol. The zero-order valence-electron chi connectivity index (χ0n) is 6.86. The van der Waals surface area contributed by atoms with Gasteiger partial charge in [0.1, 0.15) is 11.9 Å². The second-order valence-electron chi connectivity index (χ2n) is 3.16. The molecule has 0 bridgehead atoms. The second kappa shape index (κ2) is 3.29. The third-order valence-electron chi connectivity index (χ3n) is 2.31. The number of hydrogen-bond acceptors (Lipinski definition) is 3. The summed E-state index contributed by atoms with van der Waals surface area (Å²) in [7, 11) is 0. The lowest BCUT2D eigenvalue weighted by Gasteiger charge is -2.15. The zero-order chi connectivity index (χ0) is 8.39. The van der Waals surface area contributed by atoms with Gasteiger partial charge in [0, 0.05) is 6.04 Å². The smallest absolute Gasteiger partial charge is 0.133 e. The van der Waals surface area contributed by atoms with Crippen LogP contribution >= 0.6 is 0 Å². The van der Waals surface area contributed by atoms with Gasteiger partial charge in [-0.2, -0.15) is 0 Å². The summed E-state index contributed by atoms with van der Waals surface area (Å²) >= 11 is 0. The summed E-state index contributed by atoms with van der Waals surface area (Å²) in [6.45, 7) is 1.00. The van der Waals surface area contributed by atoms with Crippen LogP contribution in [0, 0.1) is 0 Å². The molecular formula is C9H13NO2. The maximum absolute atomic E-state index is 9.75. The van der Waals surface area contributed by atoms with Crippen molar-refractivity contribution >= 4 is 0 Å². The standard InChI is InChI=1S/C9H13NO2/c11-9(7-3-1-5-10-7)8-4-2-6-12-8/h2,4,6-7,9-11H,1,3,5H2/t7-,9?/m1/s1. The summed E-state index contributed by atoms with van der Waals surface area (Å²) in [6, 6.07) is 3.79. The van der Waals surface area contributed by atoms with Gasteiger partial charge in [-0.25, -0.2) is 0 Å². The number of furan rings is 1. The molecule has 1 unspecified atom stereocenters. The summed E-state index contributed by atoms with van der Waals surface area (Å²) in [5, 5.41) is 13.0. The first-order valence-electron chi connectivity index (χ1n) is 4.33. The molecule has 0 saturated carbocycles. The van der Waals surface area contributed by atoms with E-state index in [1.54, 1.807) is 12.3 Å². The highest BCUT2D eigenvalue weighted by Crippen LogP contribution is 2.22. The molecule has 1 aliphatic rings. The minimum absolute atomic E-state index is 0.177. The van der Waals surface area contributed by atoms with Gasteiger partial charge in [0.2, 0.25) is 0 Å². The molecule has 0 amide bonds. The van der Waals surface area contributed by atoms with Gasteiger partial charge in [0.15, 0.2) is 0 Å². The third-order valence-corrected chi connectivity index (χ3v) is 2.31. The van der Waals surface area contributed by atoms with E-state index in [1.165, 1.54) is 0 Å². The molecule has 66 valence electrons. The monoisotopic (exact) mass is 167 g/mol. The van der Waals surface area contributed by atoms with Gasteiger partial charge >= 0.3 is 0 Å². The Morgan fingerprint density at radius 2 is 2.58 bits per heavy atom. The van der Waals surface area contributed by atoms with E-state index >= 15 is 0 Å². The van der Waals surface area contributed by atoms with E-state index in [0.29, 0.717) is 5.76 Å². The fourth-order valence-electron chi connectivity index (χ4n) is 1.64. The normalized spacial score (nSPS) is 25.9. The second-order valence-corrected chi connectivity index (χ2v) is 3.16. The molecule has 2 rings (SSSR count). The average Bonchev–Trinajstić information content (AvgIpc) is 2.77. The quantitative estimate of drug-likeness (QED) is 0.692. The van der Waals surface area contributed by atoms with Crippen molar-refractivity contribution in [3.63, 3.8) is 0 Å². The van der Waals surface area contributed by atoms with Crippen LogP contribution in [0.2, 0.25) is 0 Å². The predicted molar refractivity (Wildman–Crippen MR) is 44.7 cm³/mol. The molecule has 1 aromatic rings. The molecule has 2 heterocycles. The van der Waals surface area contributed by atoms with Crippen LogP contribution in [0.15, 0.2) is 22.8 Å². The van der Waals surface area contributed by atoms with Gasteiger partial charge in [-0.1, -0.05) is 0 Å². The molecule has 0 spiro atoms. The van der Waals surface area contributed by atoms with Crippen LogP contribution in [0.3, 0.4) is 0 Å². The first kappa shape index (κ1) is 7.83. The summed E-state index contributed by atoms with van der Waals surface area (Å²) < 4.78 is 5.12. The van der Waals surface area contributed by atoms with Crippen molar-refractivity contribution in [2.75, 3.05) is 6.54 Å². The van der Waals surface area contributed by atoms with Crippen LogP contribution in [-0.2, 0) is 0 Å². The molecule has 2 atom stereocenters. The van der Waals surface area contributed by atoms with Crippen molar-refractivity contribution in [3.05, 3.63) is 24.2 Å². The first-order valence-corrected chi connectivity index (χ1v) is 4.33. The van der Waals surface area contributed by atoms with E-state index in [-0.39, 0.29) is 6.04 Å². The number of hydrogen-bond donors (Lipinski definition) is 2. The van der Waals surface area contributed by atoms with Crippen molar-refractivity contribution in [1.29, 1.82) is 0 Å². The number of aliphatic hydroxyl groups excluding tert-OH is 1. The number of nitrogens with one attached hydrogen (secondary N) is 1. The van der Waals surface area contributed by atoms with Crippen molar-refractivity contribution in [1.82, 2.24) is 5.32 Å². The minimum atomic E-state index is -0.484. The van der Waals surface area contributed by atoms with Crippen LogP contribution < -0.4 is 5.32 Å². The Bertz CT molecular complexity index is 227. The van der Waals surface area contributed by atoms with E-state index in [2.05, 4.69) is 5.32 Å². The van der Waals surface area contributed by atoms with E-state index in [4.69, 9.17) is 4.42 Å². The Morgan fingerprint density at radius 1 is 1.67 bits per heavy atom. The lowest BCUT2D eigenvalue weighted by molar-refractivity contribution is 0.113. The van der Waals surface area contributed by atoms with E-state index in [0.717, 1.165) is 19.4 Å². The topological polar surface area (TPSA) is 45.4 Å². The Morgan fingerprint density at radius 3 is 3.17 bits per heavy atom. The molecular weight excluding hydrogens is 154 g/mol. The van der Waals surface area contributed by atoms with Gasteiger partial charge in [-0.15, -0.1) is 0 Å². The maximum atomic E-state index is 9.75. The molecule has 3 nitrogen and oxygen atoms in total. The molecule has 0 radical (unpaired) electrons. The van der Waals surface area contributed by atoms with Gasteiger partial charge in [0.25, 0.3) is 0 Å². The van der Waals surface area contributed by atoms with Gasteiger partial charge < -0.3 is 14.8 Å². The van der Waals surface area contributed by atoms with Crippen LogP contribution in [0.5, 0.6) is 0 Å². The highest BCUT2D eigenvalue weighted by atomic mass is 16.4. The van der Waals surface area contributed by atoms with Gasteiger partial charge in [0.05, 0.1) is 6.26 Å². The third kappa shape index (κ3) is 1.38. The Balaban J connectivity index is 2.04. The Kier molecular flexibility index (Phi) is 2.15. The minimum Gasteiger partial charge on any atom is -0.467 e. The first-order chi connectivity index (χ1) is 5.88. The van der Waals surface area contributed by atoms with E-state index in [9.17, 15) is 5.11 Å². The van der Waals surface area contributed by atoms with Crippen molar-refractivity contribution in [2.45, 2.75) is 25.0 Å². The lowest BCUT2D eigenvalue weighted by Crippen LogP contribution is -2.28. The number of aliphatic hydroxyl groups is 1. The van der Waals surface area contributed by atoms with E-state index < -0.39 is 6.10 Å². The number of rotatable bonds is 2. The van der Waals surface area contributed by atoms with Crippen molar-refractivity contribution in [2.24, 2.45) is 0 Å². The maximum Gasteiger partial charge on any atom is 0.133 e. The highest BCUT2D eigenvalue weighted by Gasteiger charge is 2.25. The SMILES string of the molecule is OC(c1ccco1)[C@H]1CCCN1. The van der Waals surface area contributed by atoms with E-state index in [1.807, 2.05) is 6.07 Å². The fraction of sp³-hybridized carbons (Fsp3) is 0.556. The van der Waals surface area contributed by atoms with Crippen LogP contribution in [0.1, 0.15) is 24.7 Å². The van der Waals surface area contributed by atoms with Crippen LogP contribution in [-0.4, -0.2) is 17.7 Å². The molecule has 1 saturated heterocycles. The van der Waals surface area contributed by atoms with Crippen LogP contribution in [0.25, 0.3) is 0 Å². The summed E-state index contributed by atoms with van der Waals surface area (Å²) in [5.74, 6) is 0.661. The lowest BCUT2D eigenvalue weighted by atomic mass is 10.1. The molecule has 0 aromatic carbocycles. The molecule has 1 aromatic heterocycles. The largest absolute Gasteiger partial charge is 0.467 e. The highest BCUT2D eigenvalue weighted by molar-refractivity contribution is 5.05. The fourth-order valence-corrected chi connectivity index (χ4v) is 1.64. The van der Waals surface area contributed by atoms with Gasteiger partial charge in [-0.05, 0) is 31.5 Å². The molecule has 3 heteroatoms. The molecule has 2 N–H and O–H groups in total. The van der Waals surface area contributed by atoms with Crippen LogP contribution in [0.4, 0.5) is 0 Å². The summed E-state index contributed by atoms with van der Waals surface area (Å²) in [5.41, 5.74) is 0. The summed E-state index contributed by atoms with van der Waals surface area (Å²) in [4.78, 5) is 0.